The number of carbonyl (C=O) groups is 1. The summed E-state index contributed by atoms with van der Waals surface area (Å²) in [6, 6.07) is 5.99. The molecule has 2 aromatic rings. The number of benzene rings is 1. The molecule has 7 heteroatoms. The van der Waals surface area contributed by atoms with Crippen molar-refractivity contribution in [3.63, 3.8) is 0 Å². The molecule has 0 aliphatic carbocycles. The molecular weight excluding hydrogens is 272 g/mol. The Kier molecular flexibility index (Phi) is 4.35. The van der Waals surface area contributed by atoms with Crippen molar-refractivity contribution in [2.24, 2.45) is 0 Å². The number of nitrogens with zero attached hydrogens (tertiary/aromatic N) is 3. The highest BCUT2D eigenvalue weighted by Crippen LogP contribution is 2.20. The minimum absolute atomic E-state index is 0.0381. The Balaban J connectivity index is 2.22. The summed E-state index contributed by atoms with van der Waals surface area (Å²) in [7, 11) is 0. The van der Waals surface area contributed by atoms with Gasteiger partial charge in [-0.2, -0.15) is 0 Å². The Hall–Kier alpha value is -3.09. The summed E-state index contributed by atoms with van der Waals surface area (Å²) in [6.07, 6.45) is 4.31. The summed E-state index contributed by atoms with van der Waals surface area (Å²) in [5, 5.41) is 13.3. The molecule has 1 aromatic carbocycles. The van der Waals surface area contributed by atoms with E-state index in [4.69, 9.17) is 0 Å². The van der Waals surface area contributed by atoms with Gasteiger partial charge in [-0.1, -0.05) is 18.2 Å². The van der Waals surface area contributed by atoms with Crippen LogP contribution in [-0.4, -0.2) is 27.3 Å². The zero-order chi connectivity index (χ0) is 15.2. The van der Waals surface area contributed by atoms with Gasteiger partial charge in [-0.15, -0.1) is 6.58 Å². The smallest absolute Gasteiger partial charge is 0.270 e. The number of aromatic nitrogens is 2. The van der Waals surface area contributed by atoms with Crippen LogP contribution in [-0.2, 0) is 0 Å². The first-order chi connectivity index (χ1) is 10.1. The molecule has 1 aromatic heterocycles. The van der Waals surface area contributed by atoms with E-state index in [1.807, 2.05) is 0 Å². The van der Waals surface area contributed by atoms with Gasteiger partial charge in [-0.3, -0.25) is 14.9 Å². The van der Waals surface area contributed by atoms with Gasteiger partial charge in [0.15, 0.2) is 5.82 Å². The summed E-state index contributed by atoms with van der Waals surface area (Å²) in [5.74, 6) is 0.0134. The molecule has 21 heavy (non-hydrogen) atoms. The molecule has 0 unspecified atom stereocenters. The zero-order valence-electron chi connectivity index (χ0n) is 11.0. The van der Waals surface area contributed by atoms with Gasteiger partial charge in [-0.05, 0) is 0 Å². The molecule has 106 valence electrons. The predicted octanol–water partition coefficient (Wildman–Crippen LogP) is 1.97. The van der Waals surface area contributed by atoms with Crippen LogP contribution in [0.5, 0.6) is 0 Å². The van der Waals surface area contributed by atoms with Gasteiger partial charge in [0, 0.05) is 36.6 Å². The number of non-ortho nitro benzene ring substituents is 1. The van der Waals surface area contributed by atoms with E-state index in [-0.39, 0.29) is 11.6 Å². The van der Waals surface area contributed by atoms with Crippen molar-refractivity contribution in [1.82, 2.24) is 15.3 Å². The number of hydrogen-bond acceptors (Lipinski definition) is 5. The van der Waals surface area contributed by atoms with Gasteiger partial charge in [0.1, 0.15) is 0 Å². The summed E-state index contributed by atoms with van der Waals surface area (Å²) >= 11 is 0. The number of rotatable bonds is 5. The fourth-order valence-electron chi connectivity index (χ4n) is 1.62. The van der Waals surface area contributed by atoms with E-state index in [1.165, 1.54) is 24.5 Å². The maximum atomic E-state index is 11.7. The first kappa shape index (κ1) is 14.3. The molecule has 0 aliphatic rings. The Morgan fingerprint density at radius 2 is 2.10 bits per heavy atom. The molecule has 0 saturated heterocycles. The fourth-order valence-corrected chi connectivity index (χ4v) is 1.62. The molecule has 0 atom stereocenters. The highest BCUT2D eigenvalue weighted by Gasteiger charge is 2.10. The maximum Gasteiger partial charge on any atom is 0.270 e. The molecule has 0 spiro atoms. The second kappa shape index (κ2) is 6.38. The van der Waals surface area contributed by atoms with Gasteiger partial charge in [0.2, 0.25) is 0 Å². The van der Waals surface area contributed by atoms with Crippen LogP contribution in [0, 0.1) is 10.1 Å². The quantitative estimate of drug-likeness (QED) is 0.514. The standard InChI is InChI=1S/C14H12N4O3/c1-2-6-15-14(19)11-8-16-13(17-9-11)10-4-3-5-12(7-10)18(20)21/h2-5,7-9H,1,6H2,(H,15,19). The average Bonchev–Trinajstić information content (AvgIpc) is 2.53. The van der Waals surface area contributed by atoms with Crippen LogP contribution >= 0.6 is 0 Å². The van der Waals surface area contributed by atoms with Crippen molar-refractivity contribution in [1.29, 1.82) is 0 Å². The van der Waals surface area contributed by atoms with E-state index < -0.39 is 4.92 Å². The van der Waals surface area contributed by atoms with Crippen molar-refractivity contribution in [2.75, 3.05) is 6.54 Å². The van der Waals surface area contributed by atoms with E-state index in [0.29, 0.717) is 23.5 Å². The van der Waals surface area contributed by atoms with E-state index in [2.05, 4.69) is 21.9 Å². The molecule has 1 heterocycles. The molecule has 0 saturated carbocycles. The fraction of sp³-hybridized carbons (Fsp3) is 0.0714. The molecule has 0 fully saturated rings. The predicted molar refractivity (Wildman–Crippen MR) is 76.7 cm³/mol. The molecule has 1 N–H and O–H groups in total. The van der Waals surface area contributed by atoms with Crippen LogP contribution < -0.4 is 5.32 Å². The molecule has 1 amide bonds. The van der Waals surface area contributed by atoms with E-state index in [0.717, 1.165) is 0 Å². The number of nitrogens with one attached hydrogen (secondary N) is 1. The van der Waals surface area contributed by atoms with Crippen molar-refractivity contribution in [3.05, 3.63) is 65.0 Å². The topological polar surface area (TPSA) is 98.0 Å². The third-order valence-electron chi connectivity index (χ3n) is 2.64. The Bertz CT molecular complexity index is 683. The molecule has 0 aliphatic heterocycles. The minimum Gasteiger partial charge on any atom is -0.348 e. The minimum atomic E-state index is -0.486. The first-order valence-electron chi connectivity index (χ1n) is 6.08. The number of amides is 1. The monoisotopic (exact) mass is 284 g/mol. The normalized spacial score (nSPS) is 9.90. The molecule has 0 bridgehead atoms. The maximum absolute atomic E-state index is 11.7. The number of nitro benzene ring substituents is 1. The largest absolute Gasteiger partial charge is 0.348 e. The average molecular weight is 284 g/mol. The van der Waals surface area contributed by atoms with Crippen LogP contribution in [0.2, 0.25) is 0 Å². The lowest BCUT2D eigenvalue weighted by Gasteiger charge is -2.03. The van der Waals surface area contributed by atoms with E-state index in [1.54, 1.807) is 18.2 Å². The molecule has 0 radical (unpaired) electrons. The summed E-state index contributed by atoms with van der Waals surface area (Å²) in [6.45, 7) is 3.85. The number of nitro groups is 1. The van der Waals surface area contributed by atoms with E-state index in [9.17, 15) is 14.9 Å². The number of hydrogen-bond donors (Lipinski definition) is 1. The SMILES string of the molecule is C=CCNC(=O)c1cnc(-c2cccc([N+](=O)[O-])c2)nc1. The Labute approximate surface area is 120 Å². The molecule has 2 rings (SSSR count). The lowest BCUT2D eigenvalue weighted by molar-refractivity contribution is -0.384. The molecule has 7 nitrogen and oxygen atoms in total. The summed E-state index contributed by atoms with van der Waals surface area (Å²) in [5.41, 5.74) is 0.789. The highest BCUT2D eigenvalue weighted by molar-refractivity contribution is 5.93. The second-order valence-electron chi connectivity index (χ2n) is 4.10. The summed E-state index contributed by atoms with van der Waals surface area (Å²) < 4.78 is 0. The van der Waals surface area contributed by atoms with Crippen LogP contribution in [0.3, 0.4) is 0 Å². The van der Waals surface area contributed by atoms with Crippen molar-refractivity contribution < 1.29 is 9.72 Å². The lowest BCUT2D eigenvalue weighted by Crippen LogP contribution is -2.23. The summed E-state index contributed by atoms with van der Waals surface area (Å²) in [4.78, 5) is 30.0. The Morgan fingerprint density at radius 3 is 2.71 bits per heavy atom. The third kappa shape index (κ3) is 3.47. The highest BCUT2D eigenvalue weighted by atomic mass is 16.6. The van der Waals surface area contributed by atoms with Gasteiger partial charge in [-0.25, -0.2) is 9.97 Å². The van der Waals surface area contributed by atoms with Crippen LogP contribution in [0.4, 0.5) is 5.69 Å². The molecular formula is C14H12N4O3. The van der Waals surface area contributed by atoms with Gasteiger partial charge < -0.3 is 5.32 Å². The van der Waals surface area contributed by atoms with Gasteiger partial charge in [0.05, 0.1) is 10.5 Å². The second-order valence-corrected chi connectivity index (χ2v) is 4.10. The number of carbonyl (C=O) groups excluding carboxylic acids is 1. The third-order valence-corrected chi connectivity index (χ3v) is 2.64. The lowest BCUT2D eigenvalue weighted by atomic mass is 10.2. The first-order valence-corrected chi connectivity index (χ1v) is 6.08. The Morgan fingerprint density at radius 1 is 1.38 bits per heavy atom. The van der Waals surface area contributed by atoms with Crippen LogP contribution in [0.1, 0.15) is 10.4 Å². The van der Waals surface area contributed by atoms with Crippen molar-refractivity contribution in [3.8, 4) is 11.4 Å². The van der Waals surface area contributed by atoms with Crippen LogP contribution in [0.15, 0.2) is 49.3 Å². The van der Waals surface area contributed by atoms with Gasteiger partial charge >= 0.3 is 0 Å². The van der Waals surface area contributed by atoms with Crippen LogP contribution in [0.25, 0.3) is 11.4 Å². The van der Waals surface area contributed by atoms with Crippen molar-refractivity contribution >= 4 is 11.6 Å². The van der Waals surface area contributed by atoms with Gasteiger partial charge in [0.25, 0.3) is 11.6 Å². The van der Waals surface area contributed by atoms with E-state index >= 15 is 0 Å². The van der Waals surface area contributed by atoms with Crippen molar-refractivity contribution in [2.45, 2.75) is 0 Å². The zero-order valence-corrected chi connectivity index (χ0v) is 11.0.